The standard InChI is InChI=1S/C33H33.2C6H11.C5H5.CH2.2ClH.Zr/c1-32(2,3)30-20-26-24(18-28(30)22-13-9-7-10-14-22)17-25-19-29(23-15-11-8-12-16-23)31(21-27(25)26)33(4,5)6;2*1-6-4-2-3-5-6;1-2-4-5-3-1;;;;/h7-21H,1-6H3;2*6H,1-5H2;1-5H;1H2;2*1H;/q;;;;;;;+2/p-2. The van der Waals surface area contributed by atoms with Gasteiger partial charge < -0.3 is 0 Å². The quantitative estimate of drug-likeness (QED) is 0.166. The zero-order chi connectivity index (χ0) is 38.3. The van der Waals surface area contributed by atoms with E-state index < -0.39 is 12.9 Å². The topological polar surface area (TPSA) is 0 Å². The Kier molecular flexibility index (Phi) is 8.82. The van der Waals surface area contributed by atoms with E-state index in [1.807, 2.05) is 0 Å². The van der Waals surface area contributed by atoms with E-state index in [-0.39, 0.29) is 18.1 Å². The number of fused-ring (bicyclic) bond motifs is 3. The van der Waals surface area contributed by atoms with Crippen LogP contribution in [-0.2, 0) is 23.8 Å². The third kappa shape index (κ3) is 6.13. The number of hydrogen-bond donors (Lipinski definition) is 0. The third-order valence-electron chi connectivity index (χ3n) is 14.9. The molecule has 4 aliphatic rings. The molecule has 0 atom stereocenters. The SMILES string of the molecule is [CH2]=[Zr]([Cl])([Cl])([CH2]C1CCCC1)([CH2]C1CCCC1)([CH]1C=CC=C1)[CH]1c2cc(-c3ccccc3)c(C(C)(C)C)cc2-c2cc(C(C)(C)C)c(-c3ccccc3)cc21. The Hall–Kier alpha value is -2.31. The van der Waals surface area contributed by atoms with E-state index >= 15 is 0 Å². The molecular weight excluding hydrogens is 775 g/mol. The van der Waals surface area contributed by atoms with Crippen molar-refractivity contribution in [3.63, 3.8) is 0 Å². The van der Waals surface area contributed by atoms with Crippen molar-refractivity contribution in [2.45, 2.75) is 119 Å². The number of hydrogen-bond acceptors (Lipinski definition) is 0. The maximum absolute atomic E-state index is 9.54. The van der Waals surface area contributed by atoms with Crippen LogP contribution in [0.4, 0.5) is 0 Å². The zero-order valence-corrected chi connectivity index (χ0v) is 37.7. The first-order valence-corrected chi connectivity index (χ1v) is 35.5. The van der Waals surface area contributed by atoms with Crippen molar-refractivity contribution in [3.05, 3.63) is 131 Å². The van der Waals surface area contributed by atoms with E-state index in [2.05, 4.69) is 151 Å². The van der Waals surface area contributed by atoms with Gasteiger partial charge in [-0.1, -0.05) is 0 Å². The van der Waals surface area contributed by atoms with E-state index in [0.29, 0.717) is 11.8 Å². The first-order valence-electron chi connectivity index (χ1n) is 21.1. The molecule has 2 saturated carbocycles. The zero-order valence-electron chi connectivity index (χ0n) is 33.7. The molecule has 0 bridgehead atoms. The summed E-state index contributed by atoms with van der Waals surface area (Å²) in [6, 6.07) is 32.3. The van der Waals surface area contributed by atoms with Crippen molar-refractivity contribution in [2.24, 2.45) is 11.8 Å². The molecule has 8 rings (SSSR count). The van der Waals surface area contributed by atoms with Crippen LogP contribution in [0.25, 0.3) is 33.4 Å². The molecule has 0 nitrogen and oxygen atoms in total. The summed E-state index contributed by atoms with van der Waals surface area (Å²) in [6.07, 6.45) is 19.0. The molecule has 4 aliphatic carbocycles. The fourth-order valence-electron chi connectivity index (χ4n) is 12.6. The Labute approximate surface area is 327 Å². The van der Waals surface area contributed by atoms with Crippen molar-refractivity contribution >= 4 is 21.2 Å². The molecule has 0 N–H and O–H groups in total. The predicted octanol–water partition coefficient (Wildman–Crippen LogP) is 16.3. The van der Waals surface area contributed by atoms with Crippen LogP contribution in [0.15, 0.2) is 109 Å². The van der Waals surface area contributed by atoms with Crippen LogP contribution in [0, 0.1) is 11.8 Å². The fourth-order valence-corrected chi connectivity index (χ4v) is 47.8. The monoisotopic (exact) mass is 834 g/mol. The average molecular weight is 837 g/mol. The molecule has 54 heavy (non-hydrogen) atoms. The molecular formula is C51H62Cl2Zr. The second kappa shape index (κ2) is 12.3. The Morgan fingerprint density at radius 3 is 1.28 bits per heavy atom. The minimum absolute atomic E-state index is 0.0851. The molecule has 284 valence electrons. The molecule has 2 fully saturated rings. The van der Waals surface area contributed by atoms with E-state index in [4.69, 9.17) is 4.21 Å². The second-order valence-electron chi connectivity index (χ2n) is 21.1. The molecule has 0 aromatic heterocycles. The molecule has 0 aliphatic heterocycles. The van der Waals surface area contributed by atoms with Gasteiger partial charge in [0, 0.05) is 0 Å². The van der Waals surface area contributed by atoms with Crippen LogP contribution >= 0.6 is 17.0 Å². The normalized spacial score (nSPS) is 20.5. The third-order valence-corrected chi connectivity index (χ3v) is 46.6. The van der Waals surface area contributed by atoms with Gasteiger partial charge in [-0.15, -0.1) is 0 Å². The summed E-state index contributed by atoms with van der Waals surface area (Å²) in [6.45, 7) is 14.2. The van der Waals surface area contributed by atoms with Gasteiger partial charge in [-0.25, -0.2) is 0 Å². The number of rotatable bonds is 8. The van der Waals surface area contributed by atoms with Crippen LogP contribution in [0.2, 0.25) is 11.9 Å². The van der Waals surface area contributed by atoms with E-state index in [9.17, 15) is 17.0 Å². The van der Waals surface area contributed by atoms with E-state index in [1.165, 1.54) is 107 Å². The van der Waals surface area contributed by atoms with Gasteiger partial charge in [0.05, 0.1) is 0 Å². The summed E-state index contributed by atoms with van der Waals surface area (Å²) >= 11 is -6.59. The number of allylic oxidation sites excluding steroid dienone is 4. The molecule has 3 heteroatoms. The predicted molar refractivity (Wildman–Crippen MR) is 236 cm³/mol. The van der Waals surface area contributed by atoms with Crippen molar-refractivity contribution in [1.82, 2.24) is 0 Å². The van der Waals surface area contributed by atoms with Crippen LogP contribution in [-0.4, -0.2) is 4.21 Å². The summed E-state index contributed by atoms with van der Waals surface area (Å²) in [7, 11) is 19.1. The summed E-state index contributed by atoms with van der Waals surface area (Å²) < 4.78 is 7.19. The van der Waals surface area contributed by atoms with Gasteiger partial charge in [0.25, 0.3) is 0 Å². The maximum atomic E-state index is 9.54. The van der Waals surface area contributed by atoms with Crippen molar-refractivity contribution < 1.29 is 12.9 Å². The van der Waals surface area contributed by atoms with E-state index in [1.54, 1.807) is 0 Å². The van der Waals surface area contributed by atoms with E-state index in [0.717, 1.165) is 8.26 Å². The summed E-state index contributed by atoms with van der Waals surface area (Å²) in [4.78, 5) is 0. The Morgan fingerprint density at radius 2 is 0.926 bits per heavy atom. The fraction of sp³-hybridized carbons (Fsp3) is 0.431. The molecule has 0 saturated heterocycles. The van der Waals surface area contributed by atoms with Gasteiger partial charge in [-0.3, -0.25) is 0 Å². The molecule has 4 aromatic carbocycles. The van der Waals surface area contributed by atoms with Crippen LogP contribution < -0.4 is 0 Å². The summed E-state index contributed by atoms with van der Waals surface area (Å²) in [5.74, 6) is 0.946. The summed E-state index contributed by atoms with van der Waals surface area (Å²) in [5, 5.41) is 0. The van der Waals surface area contributed by atoms with Gasteiger partial charge in [0.1, 0.15) is 0 Å². The van der Waals surface area contributed by atoms with Gasteiger partial charge in [0.15, 0.2) is 0 Å². The molecule has 0 unspecified atom stereocenters. The Balaban J connectivity index is 1.57. The molecule has 0 heterocycles. The Bertz CT molecular complexity index is 2140. The van der Waals surface area contributed by atoms with Gasteiger partial charge in [0.2, 0.25) is 0 Å². The van der Waals surface area contributed by atoms with Gasteiger partial charge in [-0.2, -0.15) is 0 Å². The van der Waals surface area contributed by atoms with Gasteiger partial charge in [-0.05, 0) is 0 Å². The van der Waals surface area contributed by atoms with Crippen molar-refractivity contribution in [2.75, 3.05) is 0 Å². The minimum atomic E-state index is -6.59. The van der Waals surface area contributed by atoms with Crippen molar-refractivity contribution in [1.29, 1.82) is 0 Å². The Morgan fingerprint density at radius 1 is 0.556 bits per heavy atom. The molecule has 0 spiro atoms. The number of halogens is 2. The molecule has 4 aromatic rings. The van der Waals surface area contributed by atoms with Crippen LogP contribution in [0.5, 0.6) is 0 Å². The first kappa shape index (κ1) is 38.6. The summed E-state index contributed by atoms with van der Waals surface area (Å²) in [5.41, 5.74) is 12.9. The van der Waals surface area contributed by atoms with Crippen LogP contribution in [0.1, 0.15) is 119 Å². The van der Waals surface area contributed by atoms with Crippen molar-refractivity contribution in [3.8, 4) is 33.4 Å². The van der Waals surface area contributed by atoms with Crippen LogP contribution in [0.3, 0.4) is 0 Å². The molecule has 0 radical (unpaired) electrons. The molecule has 0 amide bonds. The number of benzene rings is 4. The second-order valence-corrected chi connectivity index (χ2v) is 61.2. The first-order chi connectivity index (χ1) is 25.3. The van der Waals surface area contributed by atoms with Gasteiger partial charge >= 0.3 is 330 Å². The average Bonchev–Trinajstić information content (AvgIpc) is 3.96.